The lowest BCUT2D eigenvalue weighted by Gasteiger charge is -2.24. The van der Waals surface area contributed by atoms with Crippen LogP contribution in [0.2, 0.25) is 0 Å². The fourth-order valence-corrected chi connectivity index (χ4v) is 2.71. The predicted molar refractivity (Wildman–Crippen MR) is 99.9 cm³/mol. The molecule has 0 radical (unpaired) electrons. The van der Waals surface area contributed by atoms with Crippen molar-refractivity contribution < 1.29 is 19.1 Å². The summed E-state index contributed by atoms with van der Waals surface area (Å²) in [5, 5.41) is 6.18. The second-order valence-electron chi connectivity index (χ2n) is 7.69. The van der Waals surface area contributed by atoms with Crippen molar-refractivity contribution in [2.75, 3.05) is 11.9 Å². The van der Waals surface area contributed by atoms with Gasteiger partial charge in [0.25, 0.3) is 5.91 Å². The van der Waals surface area contributed by atoms with Crippen molar-refractivity contribution in [3.8, 4) is 0 Å². The average molecular weight is 368 g/mol. The van der Waals surface area contributed by atoms with Crippen molar-refractivity contribution in [2.24, 2.45) is 5.41 Å². The summed E-state index contributed by atoms with van der Waals surface area (Å²) in [6.07, 6.45) is 0.771. The van der Waals surface area contributed by atoms with Gasteiger partial charge in [-0.2, -0.15) is 0 Å². The van der Waals surface area contributed by atoms with E-state index in [9.17, 15) is 14.4 Å². The van der Waals surface area contributed by atoms with E-state index in [1.54, 1.807) is 13.0 Å². The fourth-order valence-electron chi connectivity index (χ4n) is 1.74. The third-order valence-corrected chi connectivity index (χ3v) is 4.85. The molecule has 6 nitrogen and oxygen atoms in total. The number of hydrogen-bond acceptors (Lipinski definition) is 5. The van der Waals surface area contributed by atoms with Crippen LogP contribution in [-0.4, -0.2) is 29.9 Å². The van der Waals surface area contributed by atoms with Gasteiger partial charge in [-0.05, 0) is 38.8 Å². The number of rotatable bonds is 6. The van der Waals surface area contributed by atoms with Gasteiger partial charge in [-0.25, -0.2) is 4.79 Å². The molecule has 0 aliphatic rings. The lowest BCUT2D eigenvalue weighted by Crippen LogP contribution is -2.44. The largest absolute Gasteiger partial charge is 0.451 e. The molecule has 1 aromatic rings. The standard InChI is InChI=1S/C18H28N2O4S/c1-8-18(6,7)20-12(21)10-24-15(22)14-11(2)9-13(25-14)19-16(23)17(3,4)5/h9H,8,10H2,1-7H3,(H,19,23)(H,20,21). The van der Waals surface area contributed by atoms with E-state index in [1.165, 1.54) is 0 Å². The monoisotopic (exact) mass is 368 g/mol. The summed E-state index contributed by atoms with van der Waals surface area (Å²) in [6, 6.07) is 1.73. The first-order valence-corrected chi connectivity index (χ1v) is 9.07. The van der Waals surface area contributed by atoms with E-state index in [0.29, 0.717) is 15.4 Å². The number of hydrogen-bond donors (Lipinski definition) is 2. The lowest BCUT2D eigenvalue weighted by atomic mass is 9.96. The average Bonchev–Trinajstić information content (AvgIpc) is 2.84. The summed E-state index contributed by atoms with van der Waals surface area (Å²) in [6.45, 7) is 12.6. The van der Waals surface area contributed by atoms with Crippen molar-refractivity contribution >= 4 is 34.1 Å². The summed E-state index contributed by atoms with van der Waals surface area (Å²) in [5.74, 6) is -1.03. The first-order chi connectivity index (χ1) is 11.4. The highest BCUT2D eigenvalue weighted by Crippen LogP contribution is 2.29. The van der Waals surface area contributed by atoms with E-state index in [4.69, 9.17) is 4.74 Å². The van der Waals surface area contributed by atoms with Crippen LogP contribution in [-0.2, 0) is 14.3 Å². The van der Waals surface area contributed by atoms with Gasteiger partial charge < -0.3 is 15.4 Å². The van der Waals surface area contributed by atoms with Crippen molar-refractivity contribution in [1.29, 1.82) is 0 Å². The summed E-state index contributed by atoms with van der Waals surface area (Å²) in [4.78, 5) is 36.5. The molecule has 25 heavy (non-hydrogen) atoms. The van der Waals surface area contributed by atoms with Crippen LogP contribution in [0.25, 0.3) is 0 Å². The van der Waals surface area contributed by atoms with Gasteiger partial charge in [-0.15, -0.1) is 11.3 Å². The highest BCUT2D eigenvalue weighted by molar-refractivity contribution is 7.18. The first kappa shape index (κ1) is 21.2. The molecule has 1 aromatic heterocycles. The Bertz CT molecular complexity index is 657. The highest BCUT2D eigenvalue weighted by Gasteiger charge is 2.24. The smallest absolute Gasteiger partial charge is 0.349 e. The lowest BCUT2D eigenvalue weighted by molar-refractivity contribution is -0.126. The number of esters is 1. The maximum Gasteiger partial charge on any atom is 0.349 e. The van der Waals surface area contributed by atoms with E-state index in [0.717, 1.165) is 17.8 Å². The van der Waals surface area contributed by atoms with Gasteiger partial charge >= 0.3 is 5.97 Å². The third-order valence-electron chi connectivity index (χ3n) is 3.72. The van der Waals surface area contributed by atoms with Gasteiger partial charge in [0.1, 0.15) is 4.88 Å². The van der Waals surface area contributed by atoms with E-state index in [2.05, 4.69) is 10.6 Å². The summed E-state index contributed by atoms with van der Waals surface area (Å²) in [7, 11) is 0. The number of amides is 2. The van der Waals surface area contributed by atoms with Crippen LogP contribution >= 0.6 is 11.3 Å². The molecule has 140 valence electrons. The van der Waals surface area contributed by atoms with Crippen LogP contribution in [0, 0.1) is 12.3 Å². The minimum atomic E-state index is -0.566. The predicted octanol–water partition coefficient (Wildman–Crippen LogP) is 3.50. The van der Waals surface area contributed by atoms with Gasteiger partial charge in [0.15, 0.2) is 6.61 Å². The van der Waals surface area contributed by atoms with Crippen molar-refractivity contribution in [3.63, 3.8) is 0 Å². The minimum Gasteiger partial charge on any atom is -0.451 e. The minimum absolute atomic E-state index is 0.130. The fraction of sp³-hybridized carbons (Fsp3) is 0.611. The van der Waals surface area contributed by atoms with Gasteiger partial charge in [-0.3, -0.25) is 9.59 Å². The number of aryl methyl sites for hydroxylation is 1. The number of ether oxygens (including phenoxy) is 1. The Hall–Kier alpha value is -1.89. The molecule has 0 aliphatic heterocycles. The molecule has 0 aliphatic carbocycles. The van der Waals surface area contributed by atoms with Crippen LogP contribution in [0.1, 0.15) is 63.2 Å². The molecule has 1 rings (SSSR count). The summed E-state index contributed by atoms with van der Waals surface area (Å²) in [5.41, 5.74) is -0.163. The Morgan fingerprint density at radius 1 is 1.16 bits per heavy atom. The molecule has 0 saturated heterocycles. The van der Waals surface area contributed by atoms with Gasteiger partial charge in [-0.1, -0.05) is 27.7 Å². The molecule has 7 heteroatoms. The maximum atomic E-state index is 12.2. The molecule has 0 bridgehead atoms. The number of carbonyl (C=O) groups is 3. The molecule has 0 unspecified atom stereocenters. The van der Waals surface area contributed by atoms with Crippen LogP contribution in [0.3, 0.4) is 0 Å². The van der Waals surface area contributed by atoms with E-state index < -0.39 is 11.4 Å². The molecule has 0 atom stereocenters. The number of nitrogens with one attached hydrogen (secondary N) is 2. The molecule has 0 spiro atoms. The second kappa shape index (κ2) is 7.99. The van der Waals surface area contributed by atoms with E-state index >= 15 is 0 Å². The van der Waals surface area contributed by atoms with Crippen molar-refractivity contribution in [3.05, 3.63) is 16.5 Å². The molecular formula is C18H28N2O4S. The number of thiophene rings is 1. The Kier molecular flexibility index (Phi) is 6.76. The van der Waals surface area contributed by atoms with Crippen LogP contribution < -0.4 is 10.6 Å². The quantitative estimate of drug-likeness (QED) is 0.753. The molecule has 2 amide bonds. The zero-order chi connectivity index (χ0) is 19.4. The van der Waals surface area contributed by atoms with E-state index in [1.807, 2.05) is 41.5 Å². The zero-order valence-corrected chi connectivity index (χ0v) is 16.8. The Morgan fingerprint density at radius 3 is 2.28 bits per heavy atom. The van der Waals surface area contributed by atoms with Gasteiger partial charge in [0.05, 0.1) is 5.00 Å². The SMILES string of the molecule is CCC(C)(C)NC(=O)COC(=O)c1sc(NC(=O)C(C)(C)C)cc1C. The topological polar surface area (TPSA) is 84.5 Å². The molecule has 0 saturated carbocycles. The number of anilines is 1. The van der Waals surface area contributed by atoms with Crippen molar-refractivity contribution in [2.45, 2.75) is 60.4 Å². The van der Waals surface area contributed by atoms with Gasteiger partial charge in [0.2, 0.25) is 5.91 Å². The molecule has 2 N–H and O–H groups in total. The Balaban J connectivity index is 2.68. The molecular weight excluding hydrogens is 340 g/mol. The van der Waals surface area contributed by atoms with Crippen LogP contribution in [0.5, 0.6) is 0 Å². The number of carbonyl (C=O) groups excluding carboxylic acids is 3. The van der Waals surface area contributed by atoms with Crippen LogP contribution in [0.15, 0.2) is 6.07 Å². The Morgan fingerprint density at radius 2 is 1.76 bits per heavy atom. The first-order valence-electron chi connectivity index (χ1n) is 8.25. The third kappa shape index (κ3) is 6.49. The maximum absolute atomic E-state index is 12.2. The van der Waals surface area contributed by atoms with Crippen molar-refractivity contribution in [1.82, 2.24) is 5.32 Å². The zero-order valence-electron chi connectivity index (χ0n) is 16.0. The Labute approximate surface area is 153 Å². The second-order valence-corrected chi connectivity index (χ2v) is 8.74. The molecule has 0 aromatic carbocycles. The summed E-state index contributed by atoms with van der Waals surface area (Å²) >= 11 is 1.14. The molecule has 0 fully saturated rings. The normalized spacial score (nSPS) is 11.8. The van der Waals surface area contributed by atoms with Gasteiger partial charge in [0, 0.05) is 11.0 Å². The molecule has 1 heterocycles. The highest BCUT2D eigenvalue weighted by atomic mass is 32.1. The van der Waals surface area contributed by atoms with E-state index in [-0.39, 0.29) is 24.0 Å². The summed E-state index contributed by atoms with van der Waals surface area (Å²) < 4.78 is 5.09. The van der Waals surface area contributed by atoms with Crippen LogP contribution in [0.4, 0.5) is 5.00 Å².